The van der Waals surface area contributed by atoms with E-state index in [1.165, 1.54) is 17.1 Å². The Bertz CT molecular complexity index is 1720. The standard InChI is InChI=1S/C22H26F2N9O6PS/c23-10-3-1-2-9-4-13(32-5-11(24)14-17(25)27-7-28-18(14)32)38-12(9)6-37-40(36,41)39-16(10)21(35)33-8-29-15-19(33)30-22(26)31-20(15)34/h5,7-10,12-13,16,21,35H,1-4,6H2,(H,36,41)(H2,25,27,28)(H3,26,30,31,34)/t9-,10?,12+,13+,16+,21+,40?/m0/s1. The lowest BCUT2D eigenvalue weighted by molar-refractivity contribution is -0.0641. The molecule has 0 bridgehead atoms. The second-order valence-corrected chi connectivity index (χ2v) is 12.7. The maximum Gasteiger partial charge on any atom is 0.325 e. The Balaban J connectivity index is 1.23. The number of nitrogens with two attached hydrogens (primary N) is 2. The zero-order valence-corrected chi connectivity index (χ0v) is 22.9. The highest BCUT2D eigenvalue weighted by Crippen LogP contribution is 2.50. The molecule has 41 heavy (non-hydrogen) atoms. The minimum Gasteiger partial charge on any atom is -0.383 e. The molecular formula is C22H26F2N9O6PS. The van der Waals surface area contributed by atoms with Crippen molar-refractivity contribution in [3.8, 4) is 0 Å². The van der Waals surface area contributed by atoms with Crippen LogP contribution in [0.3, 0.4) is 0 Å². The van der Waals surface area contributed by atoms with E-state index in [2.05, 4.69) is 24.9 Å². The third kappa shape index (κ3) is 5.20. The minimum atomic E-state index is -4.13. The molecule has 19 heteroatoms. The average Bonchev–Trinajstić information content (AvgIpc) is 3.61. The molecule has 2 fully saturated rings. The van der Waals surface area contributed by atoms with Gasteiger partial charge in [0.05, 0.1) is 24.4 Å². The van der Waals surface area contributed by atoms with Crippen molar-refractivity contribution >= 4 is 52.5 Å². The van der Waals surface area contributed by atoms with Crippen molar-refractivity contribution in [3.05, 3.63) is 35.0 Å². The number of fused-ring (bicyclic) bond motifs is 3. The van der Waals surface area contributed by atoms with Crippen molar-refractivity contribution in [2.75, 3.05) is 18.1 Å². The maximum absolute atomic E-state index is 15.6. The Kier molecular flexibility index (Phi) is 7.25. The number of aromatic amines is 1. The minimum absolute atomic E-state index is 0.00131. The van der Waals surface area contributed by atoms with Crippen LogP contribution in [0.4, 0.5) is 20.5 Å². The number of hydrogen-bond acceptors (Lipinski definition) is 12. The molecule has 0 amide bonds. The molecule has 2 aliphatic heterocycles. The van der Waals surface area contributed by atoms with Crippen LogP contribution in [0, 0.1) is 11.7 Å². The first-order valence-electron chi connectivity index (χ1n) is 12.6. The predicted octanol–water partition coefficient (Wildman–Crippen LogP) is 1.40. The van der Waals surface area contributed by atoms with Crippen molar-refractivity contribution in [1.29, 1.82) is 0 Å². The first-order valence-corrected chi connectivity index (χ1v) is 15.2. The largest absolute Gasteiger partial charge is 0.383 e. The molecule has 2 aliphatic rings. The Hall–Kier alpha value is -3.12. The van der Waals surface area contributed by atoms with E-state index in [1.807, 2.05) is 0 Å². The summed E-state index contributed by atoms with van der Waals surface area (Å²) in [5, 5.41) is 11.2. The summed E-state index contributed by atoms with van der Waals surface area (Å²) < 4.78 is 50.1. The lowest BCUT2D eigenvalue weighted by Gasteiger charge is -2.30. The van der Waals surface area contributed by atoms with Crippen LogP contribution in [-0.2, 0) is 25.6 Å². The molecule has 0 saturated carbocycles. The number of hydrogen-bond donors (Lipinski definition) is 5. The highest BCUT2D eigenvalue weighted by atomic mass is 32.5. The number of ether oxygens (including phenoxy) is 1. The fourth-order valence-electron chi connectivity index (χ4n) is 5.41. The highest BCUT2D eigenvalue weighted by Gasteiger charge is 2.42. The van der Waals surface area contributed by atoms with Gasteiger partial charge in [-0.3, -0.25) is 18.9 Å². The summed E-state index contributed by atoms with van der Waals surface area (Å²) in [7, 11) is 0. The third-order valence-corrected chi connectivity index (χ3v) is 8.92. The number of rotatable bonds is 3. The second kappa shape index (κ2) is 10.6. The van der Waals surface area contributed by atoms with Gasteiger partial charge in [-0.1, -0.05) is 6.42 Å². The topological polar surface area (TPSA) is 214 Å². The molecule has 220 valence electrons. The Morgan fingerprint density at radius 2 is 2.05 bits per heavy atom. The van der Waals surface area contributed by atoms with Crippen LogP contribution < -0.4 is 17.0 Å². The molecule has 6 rings (SSSR count). The van der Waals surface area contributed by atoms with E-state index in [0.29, 0.717) is 19.3 Å². The Labute approximate surface area is 234 Å². The quantitative estimate of drug-likeness (QED) is 0.207. The van der Waals surface area contributed by atoms with E-state index in [-0.39, 0.29) is 52.9 Å². The summed E-state index contributed by atoms with van der Waals surface area (Å²) in [6, 6.07) is 0. The van der Waals surface area contributed by atoms with Crippen LogP contribution in [0.5, 0.6) is 0 Å². The van der Waals surface area contributed by atoms with Gasteiger partial charge in [-0.05, 0) is 37.0 Å². The van der Waals surface area contributed by atoms with Gasteiger partial charge in [0.2, 0.25) is 5.95 Å². The van der Waals surface area contributed by atoms with Gasteiger partial charge < -0.3 is 35.3 Å². The van der Waals surface area contributed by atoms with E-state index in [9.17, 15) is 19.2 Å². The molecule has 7 atom stereocenters. The third-order valence-electron chi connectivity index (χ3n) is 7.36. The lowest BCUT2D eigenvalue weighted by atomic mass is 9.93. The monoisotopic (exact) mass is 613 g/mol. The fraction of sp³-hybridized carbons (Fsp3) is 0.500. The van der Waals surface area contributed by atoms with Crippen LogP contribution in [-0.4, -0.2) is 69.0 Å². The number of nitrogens with one attached hydrogen (secondary N) is 1. The smallest absolute Gasteiger partial charge is 0.325 e. The number of nitrogen functional groups attached to an aromatic ring is 2. The van der Waals surface area contributed by atoms with E-state index in [0.717, 1.165) is 10.9 Å². The van der Waals surface area contributed by atoms with Crippen molar-refractivity contribution in [2.24, 2.45) is 5.92 Å². The van der Waals surface area contributed by atoms with E-state index >= 15 is 4.39 Å². The van der Waals surface area contributed by atoms with Gasteiger partial charge in [0, 0.05) is 6.20 Å². The molecule has 0 radical (unpaired) electrons. The maximum atomic E-state index is 15.6. The second-order valence-electron chi connectivity index (χ2n) is 9.94. The van der Waals surface area contributed by atoms with E-state index < -0.39 is 48.9 Å². The van der Waals surface area contributed by atoms with E-state index in [4.69, 9.17) is 37.1 Å². The number of halogens is 2. The van der Waals surface area contributed by atoms with Crippen LogP contribution in [0.1, 0.15) is 38.1 Å². The Morgan fingerprint density at radius 3 is 2.85 bits per heavy atom. The SMILES string of the molecule is Nc1nc2c(ncn2[C@H](O)[C@@H]2OP(O)(=S)OC[C@H]3O[C@@H](n4cc(F)c5c(N)ncnc54)C[C@@H]3CCCC2F)c(=O)[nH]1. The predicted molar refractivity (Wildman–Crippen MR) is 144 cm³/mol. The summed E-state index contributed by atoms with van der Waals surface area (Å²) in [5.74, 6) is -0.991. The summed E-state index contributed by atoms with van der Waals surface area (Å²) in [4.78, 5) is 41.2. The number of aromatic nitrogens is 7. The van der Waals surface area contributed by atoms with Gasteiger partial charge in [0.25, 0.3) is 5.56 Å². The number of imidazole rings is 1. The van der Waals surface area contributed by atoms with Gasteiger partial charge in [-0.15, -0.1) is 0 Å². The number of nitrogens with zero attached hydrogens (tertiary/aromatic N) is 6. The molecule has 6 heterocycles. The lowest BCUT2D eigenvalue weighted by Crippen LogP contribution is -2.35. The zero-order valence-electron chi connectivity index (χ0n) is 21.2. The van der Waals surface area contributed by atoms with Crippen LogP contribution in [0.15, 0.2) is 23.6 Å². The molecule has 0 spiro atoms. The Morgan fingerprint density at radius 1 is 1.24 bits per heavy atom. The highest BCUT2D eigenvalue weighted by molar-refractivity contribution is 8.07. The molecule has 15 nitrogen and oxygen atoms in total. The van der Waals surface area contributed by atoms with E-state index in [1.54, 1.807) is 0 Å². The summed E-state index contributed by atoms with van der Waals surface area (Å²) in [5.41, 5.74) is 10.8. The van der Waals surface area contributed by atoms with Gasteiger partial charge in [0.15, 0.2) is 28.9 Å². The number of anilines is 2. The molecule has 4 aromatic heterocycles. The number of H-pyrrole nitrogens is 1. The van der Waals surface area contributed by atoms with Crippen molar-refractivity contribution in [2.45, 2.75) is 56.5 Å². The van der Waals surface area contributed by atoms with Gasteiger partial charge in [0.1, 0.15) is 30.6 Å². The van der Waals surface area contributed by atoms with Crippen LogP contribution in [0.25, 0.3) is 22.2 Å². The van der Waals surface area contributed by atoms with Gasteiger partial charge in [-0.25, -0.2) is 23.7 Å². The first-order chi connectivity index (χ1) is 19.5. The molecule has 2 saturated heterocycles. The number of aliphatic hydroxyl groups is 1. The molecule has 7 N–H and O–H groups in total. The average molecular weight is 614 g/mol. The van der Waals surface area contributed by atoms with Gasteiger partial charge >= 0.3 is 6.72 Å². The van der Waals surface area contributed by atoms with Crippen molar-refractivity contribution < 1.29 is 32.6 Å². The fourth-order valence-corrected chi connectivity index (χ4v) is 6.84. The van der Waals surface area contributed by atoms with Crippen LogP contribution >= 0.6 is 6.72 Å². The zero-order chi connectivity index (χ0) is 29.1. The van der Waals surface area contributed by atoms with Crippen LogP contribution in [0.2, 0.25) is 0 Å². The normalized spacial score (nSPS) is 30.3. The van der Waals surface area contributed by atoms with Crippen molar-refractivity contribution in [1.82, 2.24) is 34.1 Å². The molecule has 2 unspecified atom stereocenters. The number of alkyl halides is 1. The summed E-state index contributed by atoms with van der Waals surface area (Å²) in [6.07, 6.45) is -1.76. The number of aliphatic hydroxyl groups excluding tert-OH is 1. The van der Waals surface area contributed by atoms with Crippen molar-refractivity contribution in [3.63, 3.8) is 0 Å². The summed E-state index contributed by atoms with van der Waals surface area (Å²) in [6.45, 7) is -4.33. The first kappa shape index (κ1) is 28.0. The summed E-state index contributed by atoms with van der Waals surface area (Å²) >= 11 is 5.16. The molecule has 0 aliphatic carbocycles. The molecule has 0 aromatic carbocycles. The molecule has 4 aromatic rings. The molecular weight excluding hydrogens is 587 g/mol. The van der Waals surface area contributed by atoms with Gasteiger partial charge in [-0.2, -0.15) is 4.98 Å².